The van der Waals surface area contributed by atoms with Crippen LogP contribution in [0, 0.1) is 52.0 Å². The molecule has 2 aromatic carbocycles. The molecule has 6 atom stereocenters. The number of carbonyl (C=O) groups excluding carboxylic acids is 2. The molecule has 6 heteroatoms. The van der Waals surface area contributed by atoms with Gasteiger partial charge in [-0.3, -0.25) is 9.59 Å². The van der Waals surface area contributed by atoms with E-state index in [1.54, 1.807) is 19.2 Å². The minimum Gasteiger partial charge on any atom is -0.359 e. The Balaban J connectivity index is 1.43. The fourth-order valence-corrected chi connectivity index (χ4v) is 9.30. The third-order valence-corrected chi connectivity index (χ3v) is 11.2. The Morgan fingerprint density at radius 2 is 1.59 bits per heavy atom. The van der Waals surface area contributed by atoms with Gasteiger partial charge in [-0.1, -0.05) is 43.7 Å². The van der Waals surface area contributed by atoms with Gasteiger partial charge in [-0.2, -0.15) is 0 Å². The lowest BCUT2D eigenvalue weighted by atomic mass is 9.46. The number of benzene rings is 2. The number of Topliss-reactive ketones (excluding diaryl/α,β-unsaturated/α-hetero) is 1. The topological polar surface area (TPSA) is 46.2 Å². The summed E-state index contributed by atoms with van der Waals surface area (Å²) >= 11 is 0. The van der Waals surface area contributed by atoms with Gasteiger partial charge in [0.05, 0.1) is 0 Å². The highest BCUT2D eigenvalue weighted by atomic mass is 19.2. The van der Waals surface area contributed by atoms with Crippen molar-refractivity contribution in [2.75, 3.05) is 7.05 Å². The fourth-order valence-electron chi connectivity index (χ4n) is 9.30. The number of nitrogens with one attached hydrogen (secondary N) is 1. The maximum atomic E-state index is 15.0. The van der Waals surface area contributed by atoms with Gasteiger partial charge in [0, 0.05) is 30.5 Å². The van der Waals surface area contributed by atoms with Crippen LogP contribution in [0.2, 0.25) is 0 Å². The number of halogens is 3. The van der Waals surface area contributed by atoms with Gasteiger partial charge in [0.25, 0.3) is 0 Å². The first-order valence-electron chi connectivity index (χ1n) is 14.3. The predicted molar refractivity (Wildman–Crippen MR) is 145 cm³/mol. The standard InChI is InChI=1S/C33H36F3NO2/c1-32-17-15-27(38)28(19-7-5-4-6-18(19)20-9-13-26(34)30(36)29(20)35)24(32)10-8-21-22-11-12-25(31(39)37-3)33(22,2)16-14-23(21)32/h4-7,9,13,21-23,25H,8,10-12,14-17H2,1-3H3,(H,37,39)/t21-,22-,23-,25?,32+,33-/m0/s1. The molecular formula is C33H36F3NO2. The Hall–Kier alpha value is -2.89. The SMILES string of the molecule is CNC(=O)C1CC[C@H]2[C@@H]3CCC4=C(c5ccccc5-c5ccc(F)c(F)c5F)C(=O)CC[C@]4(C)[C@H]3CC[C@]12C. The molecule has 2 aromatic rings. The van der Waals surface area contributed by atoms with Crippen molar-refractivity contribution in [1.29, 1.82) is 0 Å². The summed E-state index contributed by atoms with van der Waals surface area (Å²) in [5.41, 5.74) is 2.60. The predicted octanol–water partition coefficient (Wildman–Crippen LogP) is 7.49. The molecule has 1 N–H and O–H groups in total. The fraction of sp³-hybridized carbons (Fsp3) is 0.515. The average molecular weight is 536 g/mol. The lowest BCUT2D eigenvalue weighted by Crippen LogP contribution is -2.52. The van der Waals surface area contributed by atoms with E-state index >= 15 is 0 Å². The molecule has 1 unspecified atom stereocenters. The van der Waals surface area contributed by atoms with Crippen LogP contribution in [0.1, 0.15) is 70.8 Å². The number of amides is 1. The zero-order valence-electron chi connectivity index (χ0n) is 22.9. The van der Waals surface area contributed by atoms with Gasteiger partial charge in [-0.05, 0) is 96.8 Å². The van der Waals surface area contributed by atoms with Gasteiger partial charge in [0.1, 0.15) is 0 Å². The molecule has 3 fully saturated rings. The molecule has 0 spiro atoms. The first kappa shape index (κ1) is 26.3. The Morgan fingerprint density at radius 1 is 0.846 bits per heavy atom. The largest absolute Gasteiger partial charge is 0.359 e. The van der Waals surface area contributed by atoms with Crippen molar-refractivity contribution in [3.8, 4) is 11.1 Å². The van der Waals surface area contributed by atoms with E-state index in [-0.39, 0.29) is 34.0 Å². The van der Waals surface area contributed by atoms with Crippen molar-refractivity contribution in [2.45, 2.75) is 65.2 Å². The number of ketones is 1. The quantitative estimate of drug-likeness (QED) is 0.414. The van der Waals surface area contributed by atoms with E-state index in [0.717, 1.165) is 56.6 Å². The summed E-state index contributed by atoms with van der Waals surface area (Å²) < 4.78 is 42.9. The molecule has 0 aromatic heterocycles. The second-order valence-electron chi connectivity index (χ2n) is 12.7. The van der Waals surface area contributed by atoms with Gasteiger partial charge in [-0.25, -0.2) is 13.2 Å². The summed E-state index contributed by atoms with van der Waals surface area (Å²) in [7, 11) is 1.73. The first-order valence-corrected chi connectivity index (χ1v) is 14.3. The molecule has 206 valence electrons. The highest BCUT2D eigenvalue weighted by molar-refractivity contribution is 6.24. The molecule has 0 aliphatic heterocycles. The number of rotatable bonds is 3. The van der Waals surface area contributed by atoms with Crippen LogP contribution in [0.5, 0.6) is 0 Å². The van der Waals surface area contributed by atoms with Crippen LogP contribution in [-0.2, 0) is 9.59 Å². The van der Waals surface area contributed by atoms with E-state index in [4.69, 9.17) is 0 Å². The highest BCUT2D eigenvalue weighted by Gasteiger charge is 2.60. The lowest BCUT2D eigenvalue weighted by Gasteiger charge is -2.58. The monoisotopic (exact) mass is 535 g/mol. The van der Waals surface area contributed by atoms with Crippen LogP contribution in [0.4, 0.5) is 13.2 Å². The summed E-state index contributed by atoms with van der Waals surface area (Å²) in [5, 5.41) is 2.89. The van der Waals surface area contributed by atoms with Crippen molar-refractivity contribution < 1.29 is 22.8 Å². The number of carbonyl (C=O) groups is 2. The maximum Gasteiger partial charge on any atom is 0.223 e. The van der Waals surface area contributed by atoms with Crippen LogP contribution in [-0.4, -0.2) is 18.7 Å². The summed E-state index contributed by atoms with van der Waals surface area (Å²) in [4.78, 5) is 26.3. The molecular weight excluding hydrogens is 499 g/mol. The van der Waals surface area contributed by atoms with Gasteiger partial charge in [-0.15, -0.1) is 0 Å². The zero-order chi connectivity index (χ0) is 27.7. The molecule has 0 radical (unpaired) electrons. The van der Waals surface area contributed by atoms with Crippen LogP contribution in [0.15, 0.2) is 42.0 Å². The third kappa shape index (κ3) is 3.76. The van der Waals surface area contributed by atoms with Gasteiger partial charge >= 0.3 is 0 Å². The van der Waals surface area contributed by atoms with Gasteiger partial charge in [0.2, 0.25) is 5.91 Å². The summed E-state index contributed by atoms with van der Waals surface area (Å²) in [5.74, 6) is -2.31. The Morgan fingerprint density at radius 3 is 2.33 bits per heavy atom. The maximum absolute atomic E-state index is 15.0. The second kappa shape index (κ2) is 9.35. The van der Waals surface area contributed by atoms with E-state index in [0.29, 0.717) is 40.9 Å². The molecule has 0 heterocycles. The van der Waals surface area contributed by atoms with Crippen molar-refractivity contribution in [1.82, 2.24) is 5.32 Å². The van der Waals surface area contributed by atoms with Crippen LogP contribution >= 0.6 is 0 Å². The smallest absolute Gasteiger partial charge is 0.223 e. The minimum atomic E-state index is -1.50. The van der Waals surface area contributed by atoms with E-state index in [9.17, 15) is 22.8 Å². The van der Waals surface area contributed by atoms with Crippen LogP contribution < -0.4 is 5.32 Å². The zero-order valence-corrected chi connectivity index (χ0v) is 22.9. The molecule has 3 saturated carbocycles. The van der Waals surface area contributed by atoms with Gasteiger partial charge in [0.15, 0.2) is 23.2 Å². The molecule has 0 bridgehead atoms. The Bertz CT molecular complexity index is 1400. The molecule has 39 heavy (non-hydrogen) atoms. The molecule has 0 saturated heterocycles. The normalized spacial score (nSPS) is 33.8. The molecule has 6 rings (SSSR count). The highest BCUT2D eigenvalue weighted by Crippen LogP contribution is 2.67. The summed E-state index contributed by atoms with van der Waals surface area (Å²) in [6.07, 6.45) is 6.96. The van der Waals surface area contributed by atoms with Crippen molar-refractivity contribution in [2.24, 2.45) is 34.5 Å². The van der Waals surface area contributed by atoms with Crippen LogP contribution in [0.3, 0.4) is 0 Å². The average Bonchev–Trinajstić information content (AvgIpc) is 3.29. The first-order chi connectivity index (χ1) is 18.6. The van der Waals surface area contributed by atoms with Gasteiger partial charge < -0.3 is 5.32 Å². The summed E-state index contributed by atoms with van der Waals surface area (Å²) in [6.45, 7) is 4.62. The van der Waals surface area contributed by atoms with E-state index < -0.39 is 17.5 Å². The molecule has 1 amide bonds. The van der Waals surface area contributed by atoms with E-state index in [1.165, 1.54) is 6.07 Å². The number of allylic oxidation sites excluding steroid dienone is 1. The number of fused-ring (bicyclic) bond motifs is 5. The van der Waals surface area contributed by atoms with Crippen molar-refractivity contribution in [3.63, 3.8) is 0 Å². The second-order valence-corrected chi connectivity index (χ2v) is 12.7. The number of hydrogen-bond acceptors (Lipinski definition) is 2. The lowest BCUT2D eigenvalue weighted by molar-refractivity contribution is -0.132. The Labute approximate surface area is 228 Å². The molecule has 4 aliphatic rings. The van der Waals surface area contributed by atoms with E-state index in [2.05, 4.69) is 19.2 Å². The molecule has 3 nitrogen and oxygen atoms in total. The third-order valence-electron chi connectivity index (χ3n) is 11.2. The van der Waals surface area contributed by atoms with E-state index in [1.807, 2.05) is 12.1 Å². The number of hydrogen-bond donors (Lipinski definition) is 1. The molecule has 4 aliphatic carbocycles. The minimum absolute atomic E-state index is 0.00291. The van der Waals surface area contributed by atoms with Crippen molar-refractivity contribution >= 4 is 17.3 Å². The van der Waals surface area contributed by atoms with Crippen LogP contribution in [0.25, 0.3) is 16.7 Å². The summed E-state index contributed by atoms with van der Waals surface area (Å²) in [6, 6.07) is 9.25. The Kier molecular flexibility index (Phi) is 6.31. The van der Waals surface area contributed by atoms with Crippen molar-refractivity contribution in [3.05, 3.63) is 65.0 Å².